The third kappa shape index (κ3) is 3.03. The molecule has 0 aliphatic rings. The smallest absolute Gasteiger partial charge is 0.139 e. The van der Waals surface area contributed by atoms with Crippen LogP contribution in [-0.2, 0) is 0 Å². The van der Waals surface area contributed by atoms with E-state index in [1.807, 2.05) is 6.92 Å². The molecule has 0 aromatic heterocycles. The Morgan fingerprint density at radius 3 is 2.44 bits per heavy atom. The molecular weight excluding hydrogens is 247 g/mol. The first-order valence-electron chi connectivity index (χ1n) is 5.90. The molecule has 18 heavy (non-hydrogen) atoms. The third-order valence-corrected chi connectivity index (χ3v) is 2.59. The summed E-state index contributed by atoms with van der Waals surface area (Å²) in [6, 6.07) is 6.62. The first-order valence-corrected chi connectivity index (χ1v) is 6.27. The molecule has 0 bridgehead atoms. The number of hydrogen-bond donors (Lipinski definition) is 0. The minimum atomic E-state index is -0.365. The molecule has 0 saturated heterocycles. The lowest BCUT2D eigenvalue weighted by molar-refractivity contribution is 0.626. The summed E-state index contributed by atoms with van der Waals surface area (Å²) in [4.78, 5) is 0. The van der Waals surface area contributed by atoms with Crippen LogP contribution in [0.25, 0.3) is 10.8 Å². The van der Waals surface area contributed by atoms with E-state index in [1.54, 1.807) is 18.2 Å². The second-order valence-corrected chi connectivity index (χ2v) is 4.53. The van der Waals surface area contributed by atoms with Crippen LogP contribution < -0.4 is 0 Å². The number of halogens is 2. The van der Waals surface area contributed by atoms with E-state index in [1.165, 1.54) is 12.5 Å². The van der Waals surface area contributed by atoms with Crippen LogP contribution in [0.5, 0.6) is 0 Å². The van der Waals surface area contributed by atoms with Crippen LogP contribution in [0.15, 0.2) is 24.3 Å². The standard InChI is InChI=1S/C13H8ClF.C3H8/c1-3-11-12(15)5-4-9-7-10(14)6-8(2)13(9)11;1-3-2/h1,4-7H,2H3;3H2,1-2H3. The lowest BCUT2D eigenvalue weighted by Gasteiger charge is -2.06. The van der Waals surface area contributed by atoms with Gasteiger partial charge in [0.25, 0.3) is 0 Å². The zero-order valence-electron chi connectivity index (χ0n) is 10.8. The van der Waals surface area contributed by atoms with E-state index in [2.05, 4.69) is 19.8 Å². The van der Waals surface area contributed by atoms with Gasteiger partial charge in [0.05, 0.1) is 5.56 Å². The van der Waals surface area contributed by atoms with Gasteiger partial charge < -0.3 is 0 Å². The fraction of sp³-hybridized carbons (Fsp3) is 0.250. The Hall–Kier alpha value is -1.52. The number of hydrogen-bond acceptors (Lipinski definition) is 0. The van der Waals surface area contributed by atoms with Gasteiger partial charge in [-0.05, 0) is 36.1 Å². The Bertz CT molecular complexity index is 594. The van der Waals surface area contributed by atoms with Crippen molar-refractivity contribution >= 4 is 22.4 Å². The van der Waals surface area contributed by atoms with Crippen LogP contribution in [0.1, 0.15) is 31.4 Å². The van der Waals surface area contributed by atoms with E-state index in [0.717, 1.165) is 16.3 Å². The average Bonchev–Trinajstić information content (AvgIpc) is 2.30. The second kappa shape index (κ2) is 6.42. The molecule has 0 N–H and O–H groups in total. The molecule has 94 valence electrons. The van der Waals surface area contributed by atoms with Crippen LogP contribution in [0, 0.1) is 25.1 Å². The highest BCUT2D eigenvalue weighted by Gasteiger charge is 2.08. The number of benzene rings is 2. The summed E-state index contributed by atoms with van der Waals surface area (Å²) < 4.78 is 13.4. The third-order valence-electron chi connectivity index (χ3n) is 2.37. The van der Waals surface area contributed by atoms with Gasteiger partial charge >= 0.3 is 0 Å². The maximum Gasteiger partial charge on any atom is 0.139 e. The Labute approximate surface area is 113 Å². The van der Waals surface area contributed by atoms with Gasteiger partial charge in [0.15, 0.2) is 0 Å². The number of fused-ring (bicyclic) bond motifs is 1. The van der Waals surface area contributed by atoms with Crippen molar-refractivity contribution in [2.75, 3.05) is 0 Å². The molecule has 0 saturated carbocycles. The SMILES string of the molecule is C#Cc1c(F)ccc2cc(Cl)cc(C)c12.CCC. The molecule has 0 amide bonds. The normalized spacial score (nSPS) is 9.56. The number of rotatable bonds is 0. The van der Waals surface area contributed by atoms with Crippen molar-refractivity contribution in [2.45, 2.75) is 27.2 Å². The fourth-order valence-corrected chi connectivity index (χ4v) is 2.03. The highest BCUT2D eigenvalue weighted by molar-refractivity contribution is 6.31. The largest absolute Gasteiger partial charge is 0.206 e. The van der Waals surface area contributed by atoms with Crippen molar-refractivity contribution in [3.8, 4) is 12.3 Å². The first kappa shape index (κ1) is 14.5. The van der Waals surface area contributed by atoms with Crippen molar-refractivity contribution in [3.63, 3.8) is 0 Å². The molecule has 2 rings (SSSR count). The van der Waals surface area contributed by atoms with E-state index >= 15 is 0 Å². The maximum absolute atomic E-state index is 13.4. The molecule has 0 spiro atoms. The predicted molar refractivity (Wildman–Crippen MR) is 77.6 cm³/mol. The summed E-state index contributed by atoms with van der Waals surface area (Å²) in [5.41, 5.74) is 1.20. The fourth-order valence-electron chi connectivity index (χ4n) is 1.75. The Kier molecular flexibility index (Phi) is 5.19. The number of terminal acetylenes is 1. The van der Waals surface area contributed by atoms with Gasteiger partial charge in [-0.2, -0.15) is 0 Å². The van der Waals surface area contributed by atoms with E-state index in [4.69, 9.17) is 18.0 Å². The molecule has 0 unspecified atom stereocenters. The Morgan fingerprint density at radius 2 is 1.89 bits per heavy atom. The zero-order chi connectivity index (χ0) is 13.7. The van der Waals surface area contributed by atoms with Crippen molar-refractivity contribution < 1.29 is 4.39 Å². The molecule has 0 aliphatic carbocycles. The number of aryl methyl sites for hydroxylation is 1. The van der Waals surface area contributed by atoms with E-state index < -0.39 is 0 Å². The van der Waals surface area contributed by atoms with Crippen LogP contribution in [-0.4, -0.2) is 0 Å². The van der Waals surface area contributed by atoms with Gasteiger partial charge in [0.2, 0.25) is 0 Å². The van der Waals surface area contributed by atoms with Gasteiger partial charge in [-0.15, -0.1) is 6.42 Å². The van der Waals surface area contributed by atoms with Crippen LogP contribution in [0.3, 0.4) is 0 Å². The van der Waals surface area contributed by atoms with Crippen LogP contribution in [0.2, 0.25) is 5.02 Å². The highest BCUT2D eigenvalue weighted by Crippen LogP contribution is 2.27. The molecule has 0 fully saturated rings. The lowest BCUT2D eigenvalue weighted by atomic mass is 10.00. The zero-order valence-corrected chi connectivity index (χ0v) is 11.6. The van der Waals surface area contributed by atoms with Gasteiger partial charge in [0.1, 0.15) is 5.82 Å². The van der Waals surface area contributed by atoms with Crippen molar-refractivity contribution in [3.05, 3.63) is 46.2 Å². The topological polar surface area (TPSA) is 0 Å². The minimum absolute atomic E-state index is 0.307. The predicted octanol–water partition coefficient (Wildman–Crippen LogP) is 5.34. The molecule has 2 aromatic rings. The Balaban J connectivity index is 0.000000492. The van der Waals surface area contributed by atoms with Crippen molar-refractivity contribution in [1.29, 1.82) is 0 Å². The first-order chi connectivity index (χ1) is 8.54. The van der Waals surface area contributed by atoms with Crippen LogP contribution >= 0.6 is 11.6 Å². The van der Waals surface area contributed by atoms with Gasteiger partial charge in [-0.3, -0.25) is 0 Å². The van der Waals surface area contributed by atoms with Crippen LogP contribution in [0.4, 0.5) is 4.39 Å². The Morgan fingerprint density at radius 1 is 1.28 bits per heavy atom. The maximum atomic E-state index is 13.4. The van der Waals surface area contributed by atoms with E-state index in [-0.39, 0.29) is 5.82 Å². The molecule has 0 atom stereocenters. The highest BCUT2D eigenvalue weighted by atomic mass is 35.5. The molecule has 0 heterocycles. The summed E-state index contributed by atoms with van der Waals surface area (Å²) >= 11 is 5.91. The minimum Gasteiger partial charge on any atom is -0.206 e. The lowest BCUT2D eigenvalue weighted by Crippen LogP contribution is -1.89. The van der Waals surface area contributed by atoms with Gasteiger partial charge in [-0.25, -0.2) is 4.39 Å². The molecule has 0 radical (unpaired) electrons. The quantitative estimate of drug-likeness (QED) is 0.562. The molecular formula is C16H16ClF. The monoisotopic (exact) mass is 262 g/mol. The second-order valence-electron chi connectivity index (χ2n) is 4.09. The summed E-state index contributed by atoms with van der Waals surface area (Å²) in [5.74, 6) is 2.02. The summed E-state index contributed by atoms with van der Waals surface area (Å²) in [5, 5.41) is 2.27. The van der Waals surface area contributed by atoms with Gasteiger partial charge in [0, 0.05) is 10.4 Å². The molecule has 2 aromatic carbocycles. The van der Waals surface area contributed by atoms with Crippen molar-refractivity contribution in [2.24, 2.45) is 0 Å². The average molecular weight is 263 g/mol. The summed E-state index contributed by atoms with van der Waals surface area (Å²) in [6.45, 7) is 6.12. The molecule has 0 nitrogen and oxygen atoms in total. The summed E-state index contributed by atoms with van der Waals surface area (Å²) in [6.07, 6.45) is 6.55. The molecule has 0 aliphatic heterocycles. The van der Waals surface area contributed by atoms with Crippen molar-refractivity contribution in [1.82, 2.24) is 0 Å². The van der Waals surface area contributed by atoms with Gasteiger partial charge in [-0.1, -0.05) is 43.9 Å². The van der Waals surface area contributed by atoms with E-state index in [0.29, 0.717) is 10.6 Å². The van der Waals surface area contributed by atoms with E-state index in [9.17, 15) is 4.39 Å². The molecule has 2 heteroatoms. The summed E-state index contributed by atoms with van der Waals surface area (Å²) in [7, 11) is 0.